The number of carbonyl (C=O) groups is 2. The lowest BCUT2D eigenvalue weighted by Gasteiger charge is -2.29. The molecule has 0 saturated carbocycles. The van der Waals surface area contributed by atoms with Crippen LogP contribution >= 0.6 is 11.8 Å². The van der Waals surface area contributed by atoms with E-state index in [1.807, 2.05) is 49.4 Å². The maximum Gasteiger partial charge on any atom is 0.337 e. The minimum Gasteiger partial charge on any atom is -0.458 e. The van der Waals surface area contributed by atoms with Gasteiger partial charge < -0.3 is 10.1 Å². The molecule has 0 amide bonds. The summed E-state index contributed by atoms with van der Waals surface area (Å²) in [6, 6.07) is 19.0. The Bertz CT molecular complexity index is 1130. The lowest BCUT2D eigenvalue weighted by molar-refractivity contribution is -0.138. The third-order valence-electron chi connectivity index (χ3n) is 5.05. The molecule has 1 aliphatic rings. The molecule has 0 aliphatic carbocycles. The third kappa shape index (κ3) is 5.19. The second-order valence-electron chi connectivity index (χ2n) is 7.33. The molecule has 0 bridgehead atoms. The van der Waals surface area contributed by atoms with E-state index in [1.165, 1.54) is 17.8 Å². The number of nitrogens with zero attached hydrogens (tertiary/aromatic N) is 1. The lowest BCUT2D eigenvalue weighted by atomic mass is 9.82. The van der Waals surface area contributed by atoms with Gasteiger partial charge in [0, 0.05) is 11.3 Å². The first-order valence-electron chi connectivity index (χ1n) is 10.1. The quantitative estimate of drug-likeness (QED) is 0.349. The Kier molecular flexibility index (Phi) is 7.69. The van der Waals surface area contributed by atoms with Crippen LogP contribution in [0.3, 0.4) is 0 Å². The van der Waals surface area contributed by atoms with E-state index in [9.17, 15) is 14.9 Å². The number of aryl methyl sites for hydroxylation is 1. The number of benzene rings is 2. The van der Waals surface area contributed by atoms with Crippen LogP contribution in [-0.4, -0.2) is 24.1 Å². The standard InChI is InChI=1S/C26H24N2O3S/c1-4-14-31-26(30)23-18(3)28-25(21(15-27)24(23)20-8-6-5-7-9-20)32-16-22(29)19-12-10-17(2)11-13-19/h4-13,24,28H,1,14,16H2,2-3H3/t24-/m1/s1. The Morgan fingerprint density at radius 3 is 2.47 bits per heavy atom. The first kappa shape index (κ1) is 23.1. The van der Waals surface area contributed by atoms with Gasteiger partial charge in [0.05, 0.1) is 33.9 Å². The average molecular weight is 445 g/mol. The van der Waals surface area contributed by atoms with Crippen molar-refractivity contribution in [2.45, 2.75) is 19.8 Å². The van der Waals surface area contributed by atoms with Crippen molar-refractivity contribution in [3.63, 3.8) is 0 Å². The van der Waals surface area contributed by atoms with Gasteiger partial charge in [-0.2, -0.15) is 5.26 Å². The molecule has 32 heavy (non-hydrogen) atoms. The second kappa shape index (κ2) is 10.7. The predicted octanol–water partition coefficient (Wildman–Crippen LogP) is 5.04. The first-order chi connectivity index (χ1) is 15.5. The highest BCUT2D eigenvalue weighted by molar-refractivity contribution is 8.03. The van der Waals surface area contributed by atoms with Crippen molar-refractivity contribution >= 4 is 23.5 Å². The van der Waals surface area contributed by atoms with Crippen LogP contribution < -0.4 is 5.32 Å². The van der Waals surface area contributed by atoms with Crippen molar-refractivity contribution in [2.75, 3.05) is 12.4 Å². The van der Waals surface area contributed by atoms with Crippen molar-refractivity contribution in [1.29, 1.82) is 5.26 Å². The molecule has 2 aromatic carbocycles. The number of nitriles is 1. The molecule has 0 aromatic heterocycles. The van der Waals surface area contributed by atoms with Crippen molar-refractivity contribution in [2.24, 2.45) is 0 Å². The van der Waals surface area contributed by atoms with Gasteiger partial charge in [-0.05, 0) is 19.4 Å². The number of ketones is 1. The summed E-state index contributed by atoms with van der Waals surface area (Å²) < 4.78 is 5.30. The van der Waals surface area contributed by atoms with Crippen LogP contribution in [0, 0.1) is 18.3 Å². The van der Waals surface area contributed by atoms with Gasteiger partial charge in [-0.1, -0.05) is 84.6 Å². The van der Waals surface area contributed by atoms with Gasteiger partial charge in [0.15, 0.2) is 5.78 Å². The number of esters is 1. The lowest BCUT2D eigenvalue weighted by Crippen LogP contribution is -2.29. The Labute approximate surface area is 192 Å². The molecule has 0 saturated heterocycles. The predicted molar refractivity (Wildman–Crippen MR) is 127 cm³/mol. The summed E-state index contributed by atoms with van der Waals surface area (Å²) in [5.41, 5.74) is 3.87. The number of allylic oxidation sites excluding steroid dienone is 2. The molecule has 0 unspecified atom stereocenters. The minimum absolute atomic E-state index is 0.0318. The molecule has 162 valence electrons. The van der Waals surface area contributed by atoms with E-state index >= 15 is 0 Å². The summed E-state index contributed by atoms with van der Waals surface area (Å²) in [4.78, 5) is 25.5. The van der Waals surface area contributed by atoms with Crippen LogP contribution in [0.5, 0.6) is 0 Å². The van der Waals surface area contributed by atoms with E-state index in [-0.39, 0.29) is 18.1 Å². The number of dihydropyridines is 1. The van der Waals surface area contributed by atoms with E-state index in [4.69, 9.17) is 4.74 Å². The molecule has 1 heterocycles. The Morgan fingerprint density at radius 1 is 1.16 bits per heavy atom. The van der Waals surface area contributed by atoms with Crippen LogP contribution in [0.4, 0.5) is 0 Å². The Balaban J connectivity index is 1.94. The molecule has 2 aromatic rings. The summed E-state index contributed by atoms with van der Waals surface area (Å²) in [7, 11) is 0. The van der Waals surface area contributed by atoms with Gasteiger partial charge >= 0.3 is 5.97 Å². The maximum atomic E-state index is 12.8. The zero-order valence-corrected chi connectivity index (χ0v) is 18.9. The molecule has 6 heteroatoms. The largest absolute Gasteiger partial charge is 0.458 e. The third-order valence-corrected chi connectivity index (χ3v) is 6.07. The smallest absolute Gasteiger partial charge is 0.337 e. The zero-order valence-electron chi connectivity index (χ0n) is 18.1. The number of Topliss-reactive ketones (excluding diaryl/α,β-unsaturated/α-hetero) is 1. The van der Waals surface area contributed by atoms with Crippen LogP contribution in [-0.2, 0) is 9.53 Å². The topological polar surface area (TPSA) is 79.2 Å². The number of hydrogen-bond acceptors (Lipinski definition) is 6. The highest BCUT2D eigenvalue weighted by Crippen LogP contribution is 2.41. The number of rotatable bonds is 8. The van der Waals surface area contributed by atoms with E-state index in [0.717, 1.165) is 11.1 Å². The van der Waals surface area contributed by atoms with E-state index in [0.29, 0.717) is 27.4 Å². The molecule has 3 rings (SSSR count). The number of nitrogens with one attached hydrogen (secondary N) is 1. The fourth-order valence-corrected chi connectivity index (χ4v) is 4.44. The number of ether oxygens (including phenoxy) is 1. The van der Waals surface area contributed by atoms with Crippen molar-refractivity contribution in [3.8, 4) is 6.07 Å². The Morgan fingerprint density at radius 2 is 1.84 bits per heavy atom. The monoisotopic (exact) mass is 444 g/mol. The number of hydrogen-bond donors (Lipinski definition) is 1. The molecule has 1 N–H and O–H groups in total. The molecule has 5 nitrogen and oxygen atoms in total. The summed E-state index contributed by atoms with van der Waals surface area (Å²) >= 11 is 1.26. The summed E-state index contributed by atoms with van der Waals surface area (Å²) in [5, 5.41) is 13.8. The molecular weight excluding hydrogens is 420 g/mol. The minimum atomic E-state index is -0.586. The number of carbonyl (C=O) groups excluding carboxylic acids is 2. The maximum absolute atomic E-state index is 12.8. The summed E-state index contributed by atoms with van der Waals surface area (Å²) in [5.74, 6) is -0.953. The van der Waals surface area contributed by atoms with Gasteiger partial charge in [-0.15, -0.1) is 0 Å². The summed E-state index contributed by atoms with van der Waals surface area (Å²) in [6.45, 7) is 7.40. The molecule has 0 fully saturated rings. The molecule has 0 radical (unpaired) electrons. The fraction of sp³-hybridized carbons (Fsp3) is 0.192. The molecule has 1 atom stereocenters. The van der Waals surface area contributed by atoms with E-state index < -0.39 is 11.9 Å². The number of thioether (sulfide) groups is 1. The zero-order chi connectivity index (χ0) is 23.1. The van der Waals surface area contributed by atoms with Crippen LogP contribution in [0.2, 0.25) is 0 Å². The first-order valence-corrected chi connectivity index (χ1v) is 11.1. The normalized spacial score (nSPS) is 15.6. The van der Waals surface area contributed by atoms with Crippen LogP contribution in [0.1, 0.15) is 34.3 Å². The van der Waals surface area contributed by atoms with Gasteiger partial charge in [-0.3, -0.25) is 4.79 Å². The van der Waals surface area contributed by atoms with Crippen molar-refractivity contribution in [3.05, 3.63) is 106 Å². The molecule has 0 spiro atoms. The van der Waals surface area contributed by atoms with E-state index in [1.54, 1.807) is 19.1 Å². The SMILES string of the molecule is C=CCOC(=O)C1=C(C)NC(SCC(=O)c2ccc(C)cc2)=C(C#N)[C@H]1c1ccccc1. The van der Waals surface area contributed by atoms with Crippen LogP contribution in [0.25, 0.3) is 0 Å². The van der Waals surface area contributed by atoms with Crippen LogP contribution in [0.15, 0.2) is 89.1 Å². The highest BCUT2D eigenvalue weighted by atomic mass is 32.2. The van der Waals surface area contributed by atoms with E-state index in [2.05, 4.69) is 18.0 Å². The second-order valence-corrected chi connectivity index (χ2v) is 8.31. The van der Waals surface area contributed by atoms with Gasteiger partial charge in [0.25, 0.3) is 0 Å². The van der Waals surface area contributed by atoms with Gasteiger partial charge in [0.1, 0.15) is 6.61 Å². The fourth-order valence-electron chi connectivity index (χ4n) is 3.45. The highest BCUT2D eigenvalue weighted by Gasteiger charge is 2.35. The van der Waals surface area contributed by atoms with Gasteiger partial charge in [0.2, 0.25) is 0 Å². The Hall–Kier alpha value is -3.56. The summed E-state index contributed by atoms with van der Waals surface area (Å²) in [6.07, 6.45) is 1.50. The molecule has 1 aliphatic heterocycles. The molecular formula is C26H24N2O3S. The van der Waals surface area contributed by atoms with Gasteiger partial charge in [-0.25, -0.2) is 4.79 Å². The average Bonchev–Trinajstić information content (AvgIpc) is 2.81. The van der Waals surface area contributed by atoms with Crippen molar-refractivity contribution < 1.29 is 14.3 Å². The van der Waals surface area contributed by atoms with Crippen molar-refractivity contribution in [1.82, 2.24) is 5.32 Å².